The van der Waals surface area contributed by atoms with Crippen molar-refractivity contribution in [1.29, 1.82) is 0 Å². The molecule has 4 heteroatoms. The maximum absolute atomic E-state index is 3.91. The summed E-state index contributed by atoms with van der Waals surface area (Å²) >= 11 is 0. The molecule has 0 bridgehead atoms. The molecule has 0 aliphatic rings. The maximum atomic E-state index is 3.91. The van der Waals surface area contributed by atoms with Crippen molar-refractivity contribution in [2.45, 2.75) is 0 Å². The van der Waals surface area contributed by atoms with E-state index in [1.807, 2.05) is 0 Å². The first-order valence-corrected chi connectivity index (χ1v) is 2.29. The fourth-order valence-electron chi connectivity index (χ4n) is 0.650. The van der Waals surface area contributed by atoms with Crippen LogP contribution in [-0.4, -0.2) is 20.2 Å². The SMILES string of the molecule is c1nc2[nH]ncc2[nH]1. The van der Waals surface area contributed by atoms with Gasteiger partial charge in [-0.15, -0.1) is 0 Å². The highest BCUT2D eigenvalue weighted by molar-refractivity contribution is 5.67. The second-order valence-electron chi connectivity index (χ2n) is 1.53. The molecule has 2 rings (SSSR count). The van der Waals surface area contributed by atoms with Gasteiger partial charge in [0.05, 0.1) is 12.5 Å². The second-order valence-corrected chi connectivity index (χ2v) is 1.53. The number of rotatable bonds is 0. The summed E-state index contributed by atoms with van der Waals surface area (Å²) in [6.07, 6.45) is 3.32. The summed E-state index contributed by atoms with van der Waals surface area (Å²) in [5.74, 6) is 0. The van der Waals surface area contributed by atoms with Crippen molar-refractivity contribution in [3.05, 3.63) is 12.5 Å². The molecule has 0 saturated heterocycles. The van der Waals surface area contributed by atoms with Crippen LogP contribution in [0.5, 0.6) is 0 Å². The van der Waals surface area contributed by atoms with Gasteiger partial charge in [0.2, 0.25) is 0 Å². The summed E-state index contributed by atoms with van der Waals surface area (Å²) in [4.78, 5) is 6.80. The zero-order valence-corrected chi connectivity index (χ0v) is 4.05. The second kappa shape index (κ2) is 1.09. The van der Waals surface area contributed by atoms with Crippen LogP contribution in [-0.2, 0) is 0 Å². The van der Waals surface area contributed by atoms with Crippen molar-refractivity contribution in [2.75, 3.05) is 0 Å². The van der Waals surface area contributed by atoms with Crippen molar-refractivity contribution in [3.8, 4) is 0 Å². The van der Waals surface area contributed by atoms with Crippen LogP contribution in [0.1, 0.15) is 0 Å². The quantitative estimate of drug-likeness (QED) is 0.509. The highest BCUT2D eigenvalue weighted by Crippen LogP contribution is 1.99. The number of H-pyrrole nitrogens is 2. The predicted octanol–water partition coefficient (Wildman–Crippen LogP) is 0.286. The average molecular weight is 108 g/mol. The van der Waals surface area contributed by atoms with Gasteiger partial charge < -0.3 is 4.98 Å². The first kappa shape index (κ1) is 3.65. The van der Waals surface area contributed by atoms with Crippen LogP contribution in [0.25, 0.3) is 11.2 Å². The van der Waals surface area contributed by atoms with E-state index in [2.05, 4.69) is 20.2 Å². The molecule has 8 heavy (non-hydrogen) atoms. The maximum Gasteiger partial charge on any atom is 0.173 e. The van der Waals surface area contributed by atoms with Gasteiger partial charge in [0.15, 0.2) is 5.65 Å². The molecule has 0 aliphatic heterocycles. The number of hydrogen-bond acceptors (Lipinski definition) is 2. The van der Waals surface area contributed by atoms with E-state index in [4.69, 9.17) is 0 Å². The highest BCUT2D eigenvalue weighted by Gasteiger charge is 1.91. The summed E-state index contributed by atoms with van der Waals surface area (Å²) in [6.45, 7) is 0. The van der Waals surface area contributed by atoms with Crippen LogP contribution in [0.4, 0.5) is 0 Å². The van der Waals surface area contributed by atoms with Gasteiger partial charge in [-0.3, -0.25) is 5.10 Å². The van der Waals surface area contributed by atoms with E-state index < -0.39 is 0 Å². The molecule has 0 aromatic carbocycles. The van der Waals surface area contributed by atoms with Crippen LogP contribution >= 0.6 is 0 Å². The van der Waals surface area contributed by atoms with E-state index in [0.717, 1.165) is 11.2 Å². The minimum atomic E-state index is 0.810. The Morgan fingerprint density at radius 3 is 3.38 bits per heavy atom. The third-order valence-electron chi connectivity index (χ3n) is 1.03. The lowest BCUT2D eigenvalue weighted by Gasteiger charge is -1.63. The van der Waals surface area contributed by atoms with Gasteiger partial charge in [0.1, 0.15) is 5.52 Å². The molecule has 4 nitrogen and oxygen atoms in total. The molecule has 0 atom stereocenters. The Kier molecular flexibility index (Phi) is 0.498. The van der Waals surface area contributed by atoms with E-state index in [-0.39, 0.29) is 0 Å². The van der Waals surface area contributed by atoms with Crippen LogP contribution in [0.15, 0.2) is 12.5 Å². The van der Waals surface area contributed by atoms with Crippen LogP contribution in [0.2, 0.25) is 0 Å². The highest BCUT2D eigenvalue weighted by atomic mass is 15.2. The van der Waals surface area contributed by atoms with Gasteiger partial charge in [0, 0.05) is 0 Å². The third-order valence-corrected chi connectivity index (χ3v) is 1.03. The van der Waals surface area contributed by atoms with Gasteiger partial charge in [-0.25, -0.2) is 4.98 Å². The first-order valence-electron chi connectivity index (χ1n) is 2.29. The lowest BCUT2D eigenvalue weighted by Crippen LogP contribution is -1.64. The molecule has 0 amide bonds. The number of nitrogens with zero attached hydrogens (tertiary/aromatic N) is 2. The Hall–Kier alpha value is -1.32. The Balaban J connectivity index is 3.06. The number of imidazole rings is 1. The molecule has 0 aliphatic carbocycles. The summed E-state index contributed by atoms with van der Waals surface area (Å²) in [5, 5.41) is 6.45. The molecule has 0 radical (unpaired) electrons. The monoisotopic (exact) mass is 108 g/mol. The standard InChI is InChI=1S/C4H4N4/c1-3-4(8-7-1)6-2-5-3/h1-2H,(H2,5,6,7,8). The summed E-state index contributed by atoms with van der Waals surface area (Å²) in [6, 6.07) is 0. The number of fused-ring (bicyclic) bond motifs is 1. The van der Waals surface area contributed by atoms with Gasteiger partial charge in [-0.2, -0.15) is 5.10 Å². The Morgan fingerprint density at radius 1 is 1.50 bits per heavy atom. The number of aromatic nitrogens is 4. The minimum absolute atomic E-state index is 0.810. The Morgan fingerprint density at radius 2 is 2.50 bits per heavy atom. The van der Waals surface area contributed by atoms with Gasteiger partial charge >= 0.3 is 0 Å². The normalized spacial score (nSPS) is 10.5. The van der Waals surface area contributed by atoms with Crippen LogP contribution in [0, 0.1) is 0 Å². The molecular weight excluding hydrogens is 104 g/mol. The molecule has 40 valence electrons. The zero-order valence-electron chi connectivity index (χ0n) is 4.05. The lowest BCUT2D eigenvalue weighted by molar-refractivity contribution is 1.09. The van der Waals surface area contributed by atoms with E-state index in [9.17, 15) is 0 Å². The Labute approximate surface area is 44.9 Å². The summed E-state index contributed by atoms with van der Waals surface area (Å²) in [7, 11) is 0. The molecule has 0 fully saturated rings. The molecular formula is C4H4N4. The van der Waals surface area contributed by atoms with Gasteiger partial charge in [-0.05, 0) is 0 Å². The molecule has 0 saturated carbocycles. The Bertz CT molecular complexity index is 229. The van der Waals surface area contributed by atoms with Crippen molar-refractivity contribution in [1.82, 2.24) is 20.2 Å². The summed E-state index contributed by atoms with van der Waals surface area (Å²) in [5.41, 5.74) is 1.76. The predicted molar refractivity (Wildman–Crippen MR) is 28.2 cm³/mol. The van der Waals surface area contributed by atoms with Crippen molar-refractivity contribution >= 4 is 11.2 Å². The topological polar surface area (TPSA) is 57.4 Å². The van der Waals surface area contributed by atoms with E-state index in [0.29, 0.717) is 0 Å². The zero-order chi connectivity index (χ0) is 5.40. The minimum Gasteiger partial charge on any atom is -0.342 e. The average Bonchev–Trinajstić information content (AvgIpc) is 2.15. The van der Waals surface area contributed by atoms with Crippen LogP contribution in [0.3, 0.4) is 0 Å². The number of nitrogens with one attached hydrogen (secondary N) is 2. The number of hydrogen-bond donors (Lipinski definition) is 2. The van der Waals surface area contributed by atoms with Gasteiger partial charge in [-0.1, -0.05) is 0 Å². The van der Waals surface area contributed by atoms with Gasteiger partial charge in [0.25, 0.3) is 0 Å². The van der Waals surface area contributed by atoms with Crippen LogP contribution < -0.4 is 0 Å². The smallest absolute Gasteiger partial charge is 0.173 e. The van der Waals surface area contributed by atoms with E-state index in [1.165, 1.54) is 0 Å². The summed E-state index contributed by atoms with van der Waals surface area (Å²) < 4.78 is 0. The van der Waals surface area contributed by atoms with E-state index in [1.54, 1.807) is 12.5 Å². The lowest BCUT2D eigenvalue weighted by atomic mass is 10.6. The molecule has 2 aromatic rings. The largest absolute Gasteiger partial charge is 0.342 e. The fraction of sp³-hybridized carbons (Fsp3) is 0. The molecule has 2 aromatic heterocycles. The van der Waals surface area contributed by atoms with Crippen molar-refractivity contribution in [2.24, 2.45) is 0 Å². The molecule has 2 heterocycles. The fourth-order valence-corrected chi connectivity index (χ4v) is 0.650. The number of aromatic amines is 2. The molecule has 2 N–H and O–H groups in total. The van der Waals surface area contributed by atoms with Crippen molar-refractivity contribution < 1.29 is 0 Å². The first-order chi connectivity index (χ1) is 3.97. The van der Waals surface area contributed by atoms with Crippen molar-refractivity contribution in [3.63, 3.8) is 0 Å². The molecule has 0 unspecified atom stereocenters. The third kappa shape index (κ3) is 0.294. The molecule has 0 spiro atoms. The van der Waals surface area contributed by atoms with E-state index >= 15 is 0 Å².